The maximum absolute atomic E-state index is 8.24. The van der Waals surface area contributed by atoms with E-state index in [1.165, 1.54) is 0 Å². The van der Waals surface area contributed by atoms with Crippen molar-refractivity contribution in [3.63, 3.8) is 0 Å². The van der Waals surface area contributed by atoms with Crippen molar-refractivity contribution >= 4 is 5.69 Å². The Morgan fingerprint density at radius 1 is 1.55 bits per heavy atom. The van der Waals surface area contributed by atoms with E-state index >= 15 is 0 Å². The van der Waals surface area contributed by atoms with Crippen LogP contribution < -0.4 is 5.32 Å². The predicted molar refractivity (Wildman–Crippen MR) is 44.0 cm³/mol. The predicted octanol–water partition coefficient (Wildman–Crippen LogP) is 1.81. The van der Waals surface area contributed by atoms with Crippen LogP contribution in [0.15, 0.2) is 24.3 Å². The summed E-state index contributed by atoms with van der Waals surface area (Å²) in [7, 11) is 0. The Labute approximate surface area is 66.5 Å². The van der Waals surface area contributed by atoms with Gasteiger partial charge in [0, 0.05) is 18.3 Å². The van der Waals surface area contributed by atoms with E-state index in [2.05, 4.69) is 17.5 Å². The van der Waals surface area contributed by atoms with Crippen LogP contribution in [0.2, 0.25) is 0 Å². The zero-order valence-corrected chi connectivity index (χ0v) is 6.17. The highest BCUT2D eigenvalue weighted by molar-refractivity contribution is 5.40. The monoisotopic (exact) mass is 145 g/mol. The molecule has 1 rings (SSSR count). The highest BCUT2D eigenvalue weighted by Crippen LogP contribution is 2.02. The van der Waals surface area contributed by atoms with Crippen LogP contribution in [0.3, 0.4) is 0 Å². The van der Waals surface area contributed by atoms with Gasteiger partial charge >= 0.3 is 0 Å². The van der Waals surface area contributed by atoms with E-state index in [0.29, 0.717) is 13.0 Å². The second-order valence-electron chi connectivity index (χ2n) is 2.11. The molecule has 0 aromatic heterocycles. The Morgan fingerprint density at radius 2 is 2.45 bits per heavy atom. The van der Waals surface area contributed by atoms with Gasteiger partial charge in [0.2, 0.25) is 0 Å². The van der Waals surface area contributed by atoms with E-state index in [1.54, 1.807) is 0 Å². The summed E-state index contributed by atoms with van der Waals surface area (Å²) in [6, 6.07) is 12.7. The van der Waals surface area contributed by atoms with Gasteiger partial charge in [0.15, 0.2) is 0 Å². The molecule has 0 heterocycles. The third kappa shape index (κ3) is 2.72. The molecular formula is C9H9N2. The average Bonchev–Trinajstić information content (AvgIpc) is 2.07. The van der Waals surface area contributed by atoms with Gasteiger partial charge in [-0.25, -0.2) is 0 Å². The third-order valence-electron chi connectivity index (χ3n) is 1.26. The van der Waals surface area contributed by atoms with Crippen molar-refractivity contribution in [3.05, 3.63) is 30.3 Å². The number of nitrogens with zero attached hydrogens (tertiary/aromatic N) is 1. The molecular weight excluding hydrogens is 136 g/mol. The lowest BCUT2D eigenvalue weighted by atomic mass is 10.3. The molecule has 0 saturated carbocycles. The Balaban J connectivity index is 2.35. The smallest absolute Gasteiger partial charge is 0.0640 e. The Hall–Kier alpha value is -1.49. The van der Waals surface area contributed by atoms with Crippen molar-refractivity contribution in [2.45, 2.75) is 6.42 Å². The summed E-state index contributed by atoms with van der Waals surface area (Å²) in [5.74, 6) is 0. The van der Waals surface area contributed by atoms with Crippen LogP contribution in [0.5, 0.6) is 0 Å². The maximum atomic E-state index is 8.24. The standard InChI is InChI=1S/C9H9N2/c10-7-4-8-11-9-5-2-1-3-6-9/h1-3,5,11H,4,8H2. The summed E-state index contributed by atoms with van der Waals surface area (Å²) < 4.78 is 0. The normalized spacial score (nSPS) is 8.64. The summed E-state index contributed by atoms with van der Waals surface area (Å²) in [4.78, 5) is 0. The van der Waals surface area contributed by atoms with Gasteiger partial charge in [0.1, 0.15) is 0 Å². The first kappa shape index (κ1) is 7.62. The molecule has 0 atom stereocenters. The fourth-order valence-corrected chi connectivity index (χ4v) is 0.756. The molecule has 2 heteroatoms. The van der Waals surface area contributed by atoms with Gasteiger partial charge in [-0.15, -0.1) is 0 Å². The molecule has 1 aromatic rings. The van der Waals surface area contributed by atoms with Gasteiger partial charge in [-0.2, -0.15) is 5.26 Å². The molecule has 0 aliphatic carbocycles. The highest BCUT2D eigenvalue weighted by atomic mass is 14.9. The maximum Gasteiger partial charge on any atom is 0.0640 e. The molecule has 1 N–H and O–H groups in total. The molecule has 0 aliphatic heterocycles. The number of nitrogens with one attached hydrogen (secondary N) is 1. The molecule has 0 bridgehead atoms. The van der Waals surface area contributed by atoms with Gasteiger partial charge < -0.3 is 5.32 Å². The summed E-state index contributed by atoms with van der Waals surface area (Å²) >= 11 is 0. The lowest BCUT2D eigenvalue weighted by Crippen LogP contribution is -1.99. The van der Waals surface area contributed by atoms with Crippen molar-refractivity contribution < 1.29 is 0 Å². The van der Waals surface area contributed by atoms with Crippen LogP contribution in [0.1, 0.15) is 6.42 Å². The number of rotatable bonds is 3. The van der Waals surface area contributed by atoms with E-state index in [4.69, 9.17) is 5.26 Å². The van der Waals surface area contributed by atoms with Gasteiger partial charge in [-0.3, -0.25) is 0 Å². The molecule has 1 aromatic carbocycles. The number of hydrogen-bond donors (Lipinski definition) is 1. The van der Waals surface area contributed by atoms with Crippen LogP contribution in [0, 0.1) is 17.4 Å². The summed E-state index contributed by atoms with van der Waals surface area (Å²) in [5, 5.41) is 11.3. The molecule has 0 aliphatic rings. The van der Waals surface area contributed by atoms with E-state index in [-0.39, 0.29) is 0 Å². The fraction of sp³-hybridized carbons (Fsp3) is 0.222. The zero-order valence-electron chi connectivity index (χ0n) is 6.17. The Bertz CT molecular complexity index is 235. The van der Waals surface area contributed by atoms with Crippen LogP contribution in [-0.4, -0.2) is 6.54 Å². The molecule has 0 fully saturated rings. The molecule has 11 heavy (non-hydrogen) atoms. The highest BCUT2D eigenvalue weighted by Gasteiger charge is 1.86. The summed E-state index contributed by atoms with van der Waals surface area (Å²) in [6.07, 6.45) is 0.530. The topological polar surface area (TPSA) is 35.8 Å². The van der Waals surface area contributed by atoms with Gasteiger partial charge in [0.25, 0.3) is 0 Å². The quantitative estimate of drug-likeness (QED) is 0.658. The number of benzene rings is 1. The summed E-state index contributed by atoms with van der Waals surface area (Å²) in [5.41, 5.74) is 0.947. The molecule has 1 radical (unpaired) electrons. The van der Waals surface area contributed by atoms with E-state index < -0.39 is 0 Å². The van der Waals surface area contributed by atoms with E-state index in [9.17, 15) is 0 Å². The van der Waals surface area contributed by atoms with Crippen LogP contribution in [0.4, 0.5) is 5.69 Å². The molecule has 0 saturated heterocycles. The van der Waals surface area contributed by atoms with Crippen LogP contribution in [0.25, 0.3) is 0 Å². The Morgan fingerprint density at radius 3 is 3.09 bits per heavy atom. The molecule has 0 spiro atoms. The van der Waals surface area contributed by atoms with Gasteiger partial charge in [-0.1, -0.05) is 18.2 Å². The first-order valence-electron chi connectivity index (χ1n) is 3.51. The number of hydrogen-bond acceptors (Lipinski definition) is 2. The molecule has 2 nitrogen and oxygen atoms in total. The van der Waals surface area contributed by atoms with Gasteiger partial charge in [-0.05, 0) is 6.07 Å². The van der Waals surface area contributed by atoms with Crippen molar-refractivity contribution in [2.24, 2.45) is 0 Å². The van der Waals surface area contributed by atoms with Crippen LogP contribution >= 0.6 is 0 Å². The average molecular weight is 145 g/mol. The fourth-order valence-electron chi connectivity index (χ4n) is 0.756. The SMILES string of the molecule is N#CCCNc1[c]cccc1. The third-order valence-corrected chi connectivity index (χ3v) is 1.26. The number of anilines is 1. The number of para-hydroxylation sites is 1. The lowest BCUT2D eigenvalue weighted by Gasteiger charge is -2.00. The Kier molecular flexibility index (Phi) is 3.01. The van der Waals surface area contributed by atoms with Crippen molar-refractivity contribution in [1.29, 1.82) is 5.26 Å². The van der Waals surface area contributed by atoms with E-state index in [0.717, 1.165) is 5.69 Å². The number of nitriles is 1. The van der Waals surface area contributed by atoms with Crippen molar-refractivity contribution in [2.75, 3.05) is 11.9 Å². The minimum absolute atomic E-state index is 0.530. The van der Waals surface area contributed by atoms with Crippen molar-refractivity contribution in [3.8, 4) is 6.07 Å². The van der Waals surface area contributed by atoms with E-state index in [1.807, 2.05) is 24.3 Å². The van der Waals surface area contributed by atoms with Crippen molar-refractivity contribution in [1.82, 2.24) is 0 Å². The van der Waals surface area contributed by atoms with Crippen LogP contribution in [-0.2, 0) is 0 Å². The van der Waals surface area contributed by atoms with Gasteiger partial charge in [0.05, 0.1) is 12.5 Å². The molecule has 0 unspecified atom stereocenters. The minimum Gasteiger partial charge on any atom is -0.384 e. The first-order chi connectivity index (χ1) is 5.43. The second-order valence-corrected chi connectivity index (χ2v) is 2.11. The summed E-state index contributed by atoms with van der Waals surface area (Å²) in [6.45, 7) is 0.691. The lowest BCUT2D eigenvalue weighted by molar-refractivity contribution is 1.07. The second kappa shape index (κ2) is 4.35. The molecule has 55 valence electrons. The largest absolute Gasteiger partial charge is 0.384 e. The molecule has 0 amide bonds. The zero-order chi connectivity index (χ0) is 7.94. The minimum atomic E-state index is 0.530. The first-order valence-corrected chi connectivity index (χ1v) is 3.51.